The zero-order chi connectivity index (χ0) is 11.8. The molecule has 0 bridgehead atoms. The topological polar surface area (TPSA) is 21.7 Å². The lowest BCUT2D eigenvalue weighted by Gasteiger charge is -2.34. The van der Waals surface area contributed by atoms with Crippen molar-refractivity contribution < 1.29 is 9.47 Å². The number of nitrogens with zero attached hydrogens (tertiary/aromatic N) is 1. The fourth-order valence-corrected chi connectivity index (χ4v) is 1.98. The van der Waals surface area contributed by atoms with Gasteiger partial charge in [0.15, 0.2) is 0 Å². The van der Waals surface area contributed by atoms with E-state index < -0.39 is 0 Å². The summed E-state index contributed by atoms with van der Waals surface area (Å²) in [4.78, 5) is 2.51. The summed E-state index contributed by atoms with van der Waals surface area (Å²) in [5, 5.41) is 0. The Hall–Kier alpha value is -0.120. The molecular weight excluding hydrogens is 202 g/mol. The molecule has 0 N–H and O–H groups in total. The molecule has 1 aliphatic heterocycles. The number of hydrogen-bond donors (Lipinski definition) is 0. The number of ether oxygens (including phenoxy) is 2. The average molecular weight is 229 g/mol. The van der Waals surface area contributed by atoms with Crippen molar-refractivity contribution in [3.8, 4) is 0 Å². The molecule has 1 heterocycles. The van der Waals surface area contributed by atoms with Crippen molar-refractivity contribution in [1.29, 1.82) is 0 Å². The fourth-order valence-electron chi connectivity index (χ4n) is 1.98. The first-order valence-corrected chi connectivity index (χ1v) is 6.67. The first-order valence-electron chi connectivity index (χ1n) is 6.67. The second kappa shape index (κ2) is 8.04. The molecule has 0 aromatic carbocycles. The predicted octanol–water partition coefficient (Wildman–Crippen LogP) is 2.16. The molecular formula is C13H27NO2. The second-order valence-corrected chi connectivity index (χ2v) is 4.84. The zero-order valence-electron chi connectivity index (χ0n) is 11.1. The minimum Gasteiger partial charge on any atom is -0.379 e. The molecule has 1 rings (SSSR count). The van der Waals surface area contributed by atoms with E-state index in [0.717, 1.165) is 45.2 Å². The van der Waals surface area contributed by atoms with Crippen LogP contribution in [0.3, 0.4) is 0 Å². The van der Waals surface area contributed by atoms with Crippen LogP contribution in [0.4, 0.5) is 0 Å². The molecule has 1 saturated heterocycles. The minimum atomic E-state index is 0.282. The van der Waals surface area contributed by atoms with Gasteiger partial charge < -0.3 is 9.47 Å². The molecule has 3 nitrogen and oxygen atoms in total. The number of hydrogen-bond acceptors (Lipinski definition) is 3. The molecule has 0 aliphatic carbocycles. The average Bonchev–Trinajstić information content (AvgIpc) is 2.30. The van der Waals surface area contributed by atoms with Gasteiger partial charge in [-0.1, -0.05) is 27.2 Å². The Kier molecular flexibility index (Phi) is 7.01. The van der Waals surface area contributed by atoms with Crippen LogP contribution < -0.4 is 0 Å². The predicted molar refractivity (Wildman–Crippen MR) is 66.7 cm³/mol. The molecule has 2 unspecified atom stereocenters. The summed E-state index contributed by atoms with van der Waals surface area (Å²) < 4.78 is 11.3. The Morgan fingerprint density at radius 2 is 2.25 bits per heavy atom. The third-order valence-electron chi connectivity index (χ3n) is 3.14. The van der Waals surface area contributed by atoms with Gasteiger partial charge in [-0.2, -0.15) is 0 Å². The third kappa shape index (κ3) is 5.28. The van der Waals surface area contributed by atoms with Gasteiger partial charge in [-0.05, 0) is 12.3 Å². The quantitative estimate of drug-likeness (QED) is 0.624. The molecule has 2 atom stereocenters. The lowest BCUT2D eigenvalue weighted by molar-refractivity contribution is -0.0713. The Bertz CT molecular complexity index is 175. The lowest BCUT2D eigenvalue weighted by atomic mass is 10.1. The van der Waals surface area contributed by atoms with Crippen LogP contribution in [0, 0.1) is 5.92 Å². The number of morpholine rings is 1. The molecule has 0 aromatic heterocycles. The van der Waals surface area contributed by atoms with Crippen molar-refractivity contribution in [2.24, 2.45) is 5.92 Å². The van der Waals surface area contributed by atoms with Crippen LogP contribution in [0.2, 0.25) is 0 Å². The molecule has 0 amide bonds. The fraction of sp³-hybridized carbons (Fsp3) is 1.00. The maximum atomic E-state index is 5.70. The second-order valence-electron chi connectivity index (χ2n) is 4.84. The maximum Gasteiger partial charge on any atom is 0.0935 e. The highest BCUT2D eigenvalue weighted by Gasteiger charge is 2.21. The van der Waals surface area contributed by atoms with E-state index in [-0.39, 0.29) is 6.10 Å². The third-order valence-corrected chi connectivity index (χ3v) is 3.14. The Morgan fingerprint density at radius 1 is 1.44 bits per heavy atom. The molecule has 1 aliphatic rings. The smallest absolute Gasteiger partial charge is 0.0935 e. The summed E-state index contributed by atoms with van der Waals surface area (Å²) in [6, 6.07) is 0. The summed E-state index contributed by atoms with van der Waals surface area (Å²) in [5.41, 5.74) is 0. The first-order chi connectivity index (χ1) is 7.76. The van der Waals surface area contributed by atoms with E-state index in [4.69, 9.17) is 9.47 Å². The van der Waals surface area contributed by atoms with Crippen molar-refractivity contribution in [2.45, 2.75) is 39.7 Å². The van der Waals surface area contributed by atoms with E-state index in [1.54, 1.807) is 0 Å². The Balaban J connectivity index is 2.19. The van der Waals surface area contributed by atoms with Crippen molar-refractivity contribution in [3.05, 3.63) is 0 Å². The Morgan fingerprint density at radius 3 is 2.94 bits per heavy atom. The largest absolute Gasteiger partial charge is 0.379 e. The standard InChI is InChI=1S/C13H27NO2/c1-4-7-15-11-13-10-14(6-8-16-13)9-12(3)5-2/h12-13H,4-11H2,1-3H3. The summed E-state index contributed by atoms with van der Waals surface area (Å²) in [6.07, 6.45) is 2.63. The van der Waals surface area contributed by atoms with Crippen LogP contribution in [-0.4, -0.2) is 50.5 Å². The van der Waals surface area contributed by atoms with Crippen LogP contribution in [0.1, 0.15) is 33.6 Å². The number of rotatable bonds is 7. The van der Waals surface area contributed by atoms with E-state index in [0.29, 0.717) is 0 Å². The minimum absolute atomic E-state index is 0.282. The lowest BCUT2D eigenvalue weighted by Crippen LogP contribution is -2.45. The van der Waals surface area contributed by atoms with Gasteiger partial charge in [-0.15, -0.1) is 0 Å². The van der Waals surface area contributed by atoms with Gasteiger partial charge in [-0.3, -0.25) is 4.90 Å². The van der Waals surface area contributed by atoms with Crippen molar-refractivity contribution in [2.75, 3.05) is 39.5 Å². The maximum absolute atomic E-state index is 5.70. The highest BCUT2D eigenvalue weighted by Crippen LogP contribution is 2.10. The van der Waals surface area contributed by atoms with E-state index in [1.165, 1.54) is 13.0 Å². The van der Waals surface area contributed by atoms with Crippen molar-refractivity contribution in [3.63, 3.8) is 0 Å². The van der Waals surface area contributed by atoms with Crippen LogP contribution in [0.25, 0.3) is 0 Å². The normalized spacial score (nSPS) is 24.6. The molecule has 0 aromatic rings. The Labute approximate surface area is 100 Å². The van der Waals surface area contributed by atoms with Gasteiger partial charge in [0.25, 0.3) is 0 Å². The molecule has 96 valence electrons. The van der Waals surface area contributed by atoms with Gasteiger partial charge in [0.1, 0.15) is 0 Å². The summed E-state index contributed by atoms with van der Waals surface area (Å²) in [7, 11) is 0. The summed E-state index contributed by atoms with van der Waals surface area (Å²) >= 11 is 0. The molecule has 0 spiro atoms. The highest BCUT2D eigenvalue weighted by molar-refractivity contribution is 4.72. The monoisotopic (exact) mass is 229 g/mol. The van der Waals surface area contributed by atoms with E-state index in [2.05, 4.69) is 25.7 Å². The van der Waals surface area contributed by atoms with Crippen molar-refractivity contribution in [1.82, 2.24) is 4.90 Å². The molecule has 1 fully saturated rings. The van der Waals surface area contributed by atoms with Crippen LogP contribution in [0.5, 0.6) is 0 Å². The summed E-state index contributed by atoms with van der Waals surface area (Å²) in [5.74, 6) is 0.787. The van der Waals surface area contributed by atoms with Gasteiger partial charge in [0, 0.05) is 26.2 Å². The van der Waals surface area contributed by atoms with E-state index in [1.807, 2.05) is 0 Å². The van der Waals surface area contributed by atoms with Gasteiger partial charge in [-0.25, -0.2) is 0 Å². The van der Waals surface area contributed by atoms with Crippen molar-refractivity contribution >= 4 is 0 Å². The highest BCUT2D eigenvalue weighted by atomic mass is 16.5. The molecule has 0 saturated carbocycles. The molecule has 16 heavy (non-hydrogen) atoms. The zero-order valence-corrected chi connectivity index (χ0v) is 11.1. The van der Waals surface area contributed by atoms with Crippen LogP contribution in [-0.2, 0) is 9.47 Å². The van der Waals surface area contributed by atoms with Gasteiger partial charge in [0.2, 0.25) is 0 Å². The van der Waals surface area contributed by atoms with E-state index >= 15 is 0 Å². The van der Waals surface area contributed by atoms with Gasteiger partial charge >= 0.3 is 0 Å². The summed E-state index contributed by atoms with van der Waals surface area (Å²) in [6.45, 7) is 12.5. The van der Waals surface area contributed by atoms with E-state index in [9.17, 15) is 0 Å². The van der Waals surface area contributed by atoms with Crippen LogP contribution >= 0.6 is 0 Å². The molecule has 0 radical (unpaired) electrons. The van der Waals surface area contributed by atoms with Gasteiger partial charge in [0.05, 0.1) is 19.3 Å². The van der Waals surface area contributed by atoms with Crippen LogP contribution in [0.15, 0.2) is 0 Å². The first kappa shape index (κ1) is 13.9. The molecule has 3 heteroatoms. The SMILES string of the molecule is CCCOCC1CN(CC(C)CC)CCO1.